The number of aliphatic hydroxyl groups is 2. The molecule has 0 bridgehead atoms. The van der Waals surface area contributed by atoms with Gasteiger partial charge < -0.3 is 42.1 Å². The Bertz CT molecular complexity index is 2470. The Morgan fingerprint density at radius 3 is 1.13 bits per heavy atom. The molecule has 0 amide bonds. The zero-order valence-corrected chi connectivity index (χ0v) is 34.5. The number of anilines is 8. The minimum Gasteiger partial charge on any atom is -0.392 e. The number of hydrogen-bond donors (Lipinski definition) is 12. The highest BCUT2D eigenvalue weighted by Gasteiger charge is 2.19. The highest BCUT2D eigenvalue weighted by molar-refractivity contribution is 7.86. The fourth-order valence-electron chi connectivity index (χ4n) is 4.63. The van der Waals surface area contributed by atoms with Crippen LogP contribution in [0, 0.1) is 0 Å². The van der Waals surface area contributed by atoms with Crippen LogP contribution in [0.1, 0.15) is 25.0 Å². The van der Waals surface area contributed by atoms with Crippen LogP contribution in [0.4, 0.5) is 47.1 Å². The van der Waals surface area contributed by atoms with Gasteiger partial charge >= 0.3 is 0 Å². The monoisotopic (exact) mass is 920 g/mol. The topological polar surface area (TPSA) is 407 Å². The molecule has 0 aliphatic carbocycles. The van der Waals surface area contributed by atoms with E-state index in [0.29, 0.717) is 0 Å². The largest absolute Gasteiger partial charge is 0.392 e. The van der Waals surface area contributed by atoms with Crippen molar-refractivity contribution in [3.05, 3.63) is 47.5 Å². The molecule has 0 fully saturated rings. The lowest BCUT2D eigenvalue weighted by Gasteiger charge is -2.13. The standard InChI is InChI=1S/C30H40N12O14S4/c1-17(43)15-33-27-37-25(31-9-11-57(45,46)47)39-29(41-27)35-21-7-5-19(23(13-21)59(51,52)53)3-4-20-6-8-22(14-24(20)60(54,55)56)36-30-40-26(32-10-12-58(48,49)50)38-28(42-30)34-16-18(2)44/h3-8,13-14,17-18,43-44H,9-12,15-16H2,1-2H3,(H,45,46,47)(H,48,49,50)(H,51,52,53)(H,54,55,56)(H3,31,33,35,37,39,41)(H3,32,34,36,38,40,42). The number of aliphatic hydroxyl groups excluding tert-OH is 2. The molecular formula is C30H40N12O14S4. The molecule has 0 aliphatic heterocycles. The van der Waals surface area contributed by atoms with E-state index in [0.717, 1.165) is 24.3 Å². The minimum absolute atomic E-state index is 0.00439. The number of benzene rings is 2. The molecule has 0 aliphatic rings. The molecule has 2 aromatic carbocycles. The zero-order valence-electron chi connectivity index (χ0n) is 31.3. The molecule has 328 valence electrons. The second kappa shape index (κ2) is 19.7. The Morgan fingerprint density at radius 1 is 0.517 bits per heavy atom. The van der Waals surface area contributed by atoms with Crippen molar-refractivity contribution < 1.29 is 62.1 Å². The zero-order chi connectivity index (χ0) is 44.5. The van der Waals surface area contributed by atoms with Crippen molar-refractivity contribution in [3.63, 3.8) is 0 Å². The van der Waals surface area contributed by atoms with Crippen molar-refractivity contribution >= 4 is 99.7 Å². The molecule has 12 N–H and O–H groups in total. The van der Waals surface area contributed by atoms with E-state index in [1.54, 1.807) is 0 Å². The average molecular weight is 921 g/mol. The van der Waals surface area contributed by atoms with Gasteiger partial charge in [-0.3, -0.25) is 18.2 Å². The molecule has 0 saturated heterocycles. The number of nitrogens with zero attached hydrogens (tertiary/aromatic N) is 6. The Morgan fingerprint density at radius 2 is 0.833 bits per heavy atom. The van der Waals surface area contributed by atoms with Crippen molar-refractivity contribution in [1.82, 2.24) is 29.9 Å². The summed E-state index contributed by atoms with van der Waals surface area (Å²) in [5.41, 5.74) is -0.287. The van der Waals surface area contributed by atoms with Crippen LogP contribution in [0.15, 0.2) is 46.2 Å². The van der Waals surface area contributed by atoms with Gasteiger partial charge in [-0.25, -0.2) is 0 Å². The molecule has 26 nitrogen and oxygen atoms in total. The fraction of sp³-hybridized carbons (Fsp3) is 0.333. The fourth-order valence-corrected chi connectivity index (χ4v) is 6.77. The van der Waals surface area contributed by atoms with Crippen molar-refractivity contribution in [3.8, 4) is 0 Å². The van der Waals surface area contributed by atoms with Crippen molar-refractivity contribution in [2.24, 2.45) is 0 Å². The Kier molecular flexibility index (Phi) is 15.5. The molecule has 2 aromatic heterocycles. The van der Waals surface area contributed by atoms with Crippen LogP contribution in [0.5, 0.6) is 0 Å². The molecule has 4 rings (SSSR count). The molecule has 2 atom stereocenters. The van der Waals surface area contributed by atoms with Crippen molar-refractivity contribution in [2.45, 2.75) is 35.8 Å². The van der Waals surface area contributed by atoms with Gasteiger partial charge in [-0.15, -0.1) is 0 Å². The van der Waals surface area contributed by atoms with Crippen LogP contribution in [-0.2, 0) is 40.5 Å². The third-order valence-corrected chi connectivity index (χ3v) is 10.5. The maximum atomic E-state index is 12.5. The van der Waals surface area contributed by atoms with Gasteiger partial charge in [0.15, 0.2) is 0 Å². The van der Waals surface area contributed by atoms with Gasteiger partial charge in [0, 0.05) is 37.6 Å². The predicted octanol–water partition coefficient (Wildman–Crippen LogP) is 0.392. The first-order chi connectivity index (χ1) is 27.8. The molecule has 60 heavy (non-hydrogen) atoms. The summed E-state index contributed by atoms with van der Waals surface area (Å²) < 4.78 is 133. The van der Waals surface area contributed by atoms with Crippen LogP contribution >= 0.6 is 0 Å². The third-order valence-electron chi connectivity index (χ3n) is 7.21. The second-order valence-corrected chi connectivity index (χ2v) is 18.5. The molecule has 0 spiro atoms. The highest BCUT2D eigenvalue weighted by Crippen LogP contribution is 2.28. The summed E-state index contributed by atoms with van der Waals surface area (Å²) in [6, 6.07) is 7.14. The summed E-state index contributed by atoms with van der Waals surface area (Å²) in [6.45, 7) is 2.33. The van der Waals surface area contributed by atoms with E-state index in [-0.39, 0.29) is 84.4 Å². The normalized spacial score (nSPS) is 13.4. The van der Waals surface area contributed by atoms with Gasteiger partial charge in [0.25, 0.3) is 40.5 Å². The van der Waals surface area contributed by atoms with Gasteiger partial charge in [-0.05, 0) is 49.2 Å². The molecule has 30 heteroatoms. The van der Waals surface area contributed by atoms with Gasteiger partial charge in [-0.1, -0.05) is 24.3 Å². The number of rotatable bonds is 22. The quantitative estimate of drug-likeness (QED) is 0.0375. The summed E-state index contributed by atoms with van der Waals surface area (Å²) in [6.07, 6.45) is 0.615. The van der Waals surface area contributed by atoms with E-state index >= 15 is 0 Å². The third kappa shape index (κ3) is 16.0. The van der Waals surface area contributed by atoms with Gasteiger partial charge in [0.2, 0.25) is 35.7 Å². The maximum Gasteiger partial charge on any atom is 0.295 e. The summed E-state index contributed by atoms with van der Waals surface area (Å²) in [5.74, 6) is -2.32. The predicted molar refractivity (Wildman–Crippen MR) is 218 cm³/mol. The lowest BCUT2D eigenvalue weighted by molar-refractivity contribution is 0.207. The summed E-state index contributed by atoms with van der Waals surface area (Å²) in [4.78, 5) is 23.2. The smallest absolute Gasteiger partial charge is 0.295 e. The van der Waals surface area contributed by atoms with E-state index < -0.39 is 74.0 Å². The first-order valence-corrected chi connectivity index (χ1v) is 23.1. The highest BCUT2D eigenvalue weighted by atomic mass is 32.2. The van der Waals surface area contributed by atoms with E-state index in [9.17, 15) is 53.0 Å². The van der Waals surface area contributed by atoms with Crippen LogP contribution in [0.3, 0.4) is 0 Å². The first kappa shape index (κ1) is 47.2. The lowest BCUT2D eigenvalue weighted by Crippen LogP contribution is -2.20. The van der Waals surface area contributed by atoms with E-state index in [4.69, 9.17) is 9.11 Å². The lowest BCUT2D eigenvalue weighted by atomic mass is 10.1. The number of nitrogens with one attached hydrogen (secondary N) is 6. The molecule has 0 radical (unpaired) electrons. The molecular weight excluding hydrogens is 881 g/mol. The van der Waals surface area contributed by atoms with Crippen LogP contribution in [-0.4, -0.2) is 142 Å². The van der Waals surface area contributed by atoms with Crippen molar-refractivity contribution in [1.29, 1.82) is 0 Å². The van der Waals surface area contributed by atoms with Crippen LogP contribution in [0.2, 0.25) is 0 Å². The molecule has 4 aromatic rings. The Labute approximate surface area is 343 Å². The summed E-state index contributed by atoms with van der Waals surface area (Å²) >= 11 is 0. The van der Waals surface area contributed by atoms with Gasteiger partial charge in [0.05, 0.1) is 23.7 Å². The maximum absolute atomic E-state index is 12.5. The average Bonchev–Trinajstić information content (AvgIpc) is 3.11. The summed E-state index contributed by atoms with van der Waals surface area (Å²) in [5, 5.41) is 35.4. The molecule has 2 unspecified atom stereocenters. The number of aromatic nitrogens is 6. The second-order valence-electron chi connectivity index (χ2n) is 12.5. The molecule has 2 heterocycles. The molecule has 0 saturated carbocycles. The Hall–Kier alpha value is -5.44. The SMILES string of the molecule is CC(O)CNc1nc(NCCS(=O)(=O)O)nc(Nc2ccc(C=Cc3ccc(Nc4nc(NCCS(=O)(=O)O)nc(NCC(C)O)n4)cc3S(=O)(=O)O)c(S(=O)(=O)O)c2)n1. The van der Waals surface area contributed by atoms with Gasteiger partial charge in [0.1, 0.15) is 9.79 Å². The Balaban J connectivity index is 1.64. The first-order valence-electron chi connectivity index (χ1n) is 17.0. The van der Waals surface area contributed by atoms with Crippen LogP contribution in [0.25, 0.3) is 12.2 Å². The van der Waals surface area contributed by atoms with Crippen molar-refractivity contribution in [2.75, 3.05) is 69.6 Å². The summed E-state index contributed by atoms with van der Waals surface area (Å²) in [7, 11) is -18.6. The minimum atomic E-state index is -4.96. The van der Waals surface area contributed by atoms with E-state index in [2.05, 4.69) is 61.8 Å². The van der Waals surface area contributed by atoms with E-state index in [1.807, 2.05) is 0 Å². The van der Waals surface area contributed by atoms with Gasteiger partial charge in [-0.2, -0.15) is 63.6 Å². The number of hydrogen-bond acceptors (Lipinski definition) is 22. The van der Waals surface area contributed by atoms with E-state index in [1.165, 1.54) is 38.1 Å². The van der Waals surface area contributed by atoms with Crippen LogP contribution < -0.4 is 31.9 Å².